The highest BCUT2D eigenvalue weighted by molar-refractivity contribution is 6.04. The van der Waals surface area contributed by atoms with Crippen molar-refractivity contribution in [2.75, 3.05) is 62.7 Å². The minimum atomic E-state index is -0.323. The van der Waals surface area contributed by atoms with Crippen LogP contribution in [0.25, 0.3) is 0 Å². The van der Waals surface area contributed by atoms with E-state index >= 15 is 0 Å². The van der Waals surface area contributed by atoms with Crippen LogP contribution < -0.4 is 16.4 Å². The lowest BCUT2D eigenvalue weighted by Crippen LogP contribution is -2.45. The van der Waals surface area contributed by atoms with Crippen LogP contribution >= 0.6 is 0 Å². The average Bonchev–Trinajstić information content (AvgIpc) is 2.91. The summed E-state index contributed by atoms with van der Waals surface area (Å²) < 4.78 is 13.7. The summed E-state index contributed by atoms with van der Waals surface area (Å²) in [6, 6.07) is 17.0. The molecule has 2 aromatic carbocycles. The number of carbonyl (C=O) groups excluding carboxylic acids is 1. The van der Waals surface area contributed by atoms with Gasteiger partial charge in [0, 0.05) is 51.2 Å². The molecule has 0 spiro atoms. The highest BCUT2D eigenvalue weighted by atomic mass is 19.1. The average molecular weight is 518 g/mol. The summed E-state index contributed by atoms with van der Waals surface area (Å²) in [6.45, 7) is 10.8. The summed E-state index contributed by atoms with van der Waals surface area (Å²) in [5, 5.41) is 6.03. The molecule has 1 amide bonds. The van der Waals surface area contributed by atoms with E-state index in [1.54, 1.807) is 30.5 Å². The van der Waals surface area contributed by atoms with Crippen LogP contribution in [0.2, 0.25) is 0 Å². The van der Waals surface area contributed by atoms with Crippen LogP contribution in [0.4, 0.5) is 21.5 Å². The van der Waals surface area contributed by atoms with Crippen molar-refractivity contribution in [1.29, 1.82) is 0 Å². The molecule has 4 N–H and O–H groups in total. The molecule has 1 aromatic heterocycles. The number of rotatable bonds is 11. The predicted molar refractivity (Wildman–Crippen MR) is 151 cm³/mol. The lowest BCUT2D eigenvalue weighted by atomic mass is 10.2. The van der Waals surface area contributed by atoms with E-state index in [9.17, 15) is 9.18 Å². The molecule has 38 heavy (non-hydrogen) atoms. The number of piperazine rings is 1. The molecule has 9 heteroatoms. The Balaban J connectivity index is 1.39. The third-order valence-corrected chi connectivity index (χ3v) is 6.63. The summed E-state index contributed by atoms with van der Waals surface area (Å²) in [4.78, 5) is 24.0. The van der Waals surface area contributed by atoms with Crippen molar-refractivity contribution in [3.8, 4) is 0 Å². The van der Waals surface area contributed by atoms with E-state index in [4.69, 9.17) is 5.73 Å². The zero-order valence-electron chi connectivity index (χ0n) is 21.9. The van der Waals surface area contributed by atoms with Gasteiger partial charge in [0.2, 0.25) is 0 Å². The maximum Gasteiger partial charge on any atom is 0.274 e. The molecule has 8 nitrogen and oxygen atoms in total. The molecule has 0 aliphatic carbocycles. The van der Waals surface area contributed by atoms with Gasteiger partial charge in [0.1, 0.15) is 11.5 Å². The zero-order chi connectivity index (χ0) is 26.9. The van der Waals surface area contributed by atoms with Gasteiger partial charge in [0.25, 0.3) is 5.91 Å². The van der Waals surface area contributed by atoms with Gasteiger partial charge < -0.3 is 31.1 Å². The van der Waals surface area contributed by atoms with E-state index < -0.39 is 0 Å². The number of anilines is 3. The molecule has 3 aromatic rings. The van der Waals surface area contributed by atoms with Crippen molar-refractivity contribution in [2.24, 2.45) is 0 Å². The van der Waals surface area contributed by atoms with Gasteiger partial charge in [-0.25, -0.2) is 4.39 Å². The summed E-state index contributed by atoms with van der Waals surface area (Å²) in [6.07, 6.45) is 2.66. The number of amides is 1. The lowest BCUT2D eigenvalue weighted by molar-refractivity contribution is 0.102. The van der Waals surface area contributed by atoms with Crippen molar-refractivity contribution in [3.63, 3.8) is 0 Å². The maximum atomic E-state index is 13.7. The van der Waals surface area contributed by atoms with Gasteiger partial charge in [0.15, 0.2) is 0 Å². The third-order valence-electron chi connectivity index (χ3n) is 6.63. The molecular weight excluding hydrogens is 481 g/mol. The van der Waals surface area contributed by atoms with Crippen LogP contribution in [0.15, 0.2) is 79.3 Å². The largest absolute Gasteiger partial charge is 0.397 e. The lowest BCUT2D eigenvalue weighted by Gasteiger charge is -2.33. The Hall–Kier alpha value is -3.95. The summed E-state index contributed by atoms with van der Waals surface area (Å²) in [7, 11) is 2.15. The molecule has 0 unspecified atom stereocenters. The number of pyridine rings is 1. The maximum absolute atomic E-state index is 13.7. The van der Waals surface area contributed by atoms with E-state index in [-0.39, 0.29) is 11.7 Å². The fourth-order valence-electron chi connectivity index (χ4n) is 4.35. The van der Waals surface area contributed by atoms with E-state index in [1.165, 1.54) is 12.1 Å². The molecule has 200 valence electrons. The van der Waals surface area contributed by atoms with Crippen LogP contribution in [-0.4, -0.2) is 71.9 Å². The van der Waals surface area contributed by atoms with Crippen molar-refractivity contribution in [3.05, 3.63) is 96.3 Å². The first-order chi connectivity index (χ1) is 18.4. The van der Waals surface area contributed by atoms with E-state index in [2.05, 4.69) is 43.9 Å². The van der Waals surface area contributed by atoms with Gasteiger partial charge in [-0.2, -0.15) is 0 Å². The molecule has 1 aliphatic rings. The molecule has 0 atom stereocenters. The molecule has 1 fully saturated rings. The number of halogens is 1. The van der Waals surface area contributed by atoms with E-state index in [0.717, 1.165) is 51.3 Å². The van der Waals surface area contributed by atoms with E-state index in [1.807, 2.05) is 24.3 Å². The minimum Gasteiger partial charge on any atom is -0.397 e. The van der Waals surface area contributed by atoms with Crippen molar-refractivity contribution >= 4 is 23.0 Å². The Bertz CT molecular complexity index is 1230. The second kappa shape index (κ2) is 13.0. The number of hydrogen-bond donors (Lipinski definition) is 3. The fraction of sp³-hybridized carbons (Fsp3) is 0.310. The minimum absolute atomic E-state index is 0.301. The fourth-order valence-corrected chi connectivity index (χ4v) is 4.35. The third kappa shape index (κ3) is 7.77. The molecule has 0 saturated carbocycles. The topological polar surface area (TPSA) is 89.8 Å². The quantitative estimate of drug-likeness (QED) is 0.330. The molecule has 0 radical (unpaired) electrons. The molecular formula is C29H36FN7O. The van der Waals surface area contributed by atoms with Gasteiger partial charge in [-0.3, -0.25) is 9.78 Å². The first-order valence-corrected chi connectivity index (χ1v) is 12.9. The van der Waals surface area contributed by atoms with Crippen molar-refractivity contribution < 1.29 is 9.18 Å². The Labute approximate surface area is 223 Å². The van der Waals surface area contributed by atoms with Crippen LogP contribution in [0, 0.1) is 5.82 Å². The van der Waals surface area contributed by atoms with E-state index in [0.29, 0.717) is 35.1 Å². The highest BCUT2D eigenvalue weighted by Crippen LogP contribution is 2.19. The number of para-hydroxylation sites is 2. The first-order valence-electron chi connectivity index (χ1n) is 12.9. The number of likely N-dealkylation sites (N-methyl/N-ethyl adjacent to an activating group) is 1. The number of carbonyl (C=O) groups is 1. The molecule has 2 heterocycles. The Morgan fingerprint density at radius 2 is 1.87 bits per heavy atom. The number of hydrogen-bond acceptors (Lipinski definition) is 7. The molecule has 0 bridgehead atoms. The van der Waals surface area contributed by atoms with Crippen LogP contribution in [0.3, 0.4) is 0 Å². The standard InChI is InChI=1S/C29H36FN7O/c1-22(33-25-8-5-7-24(30)19-25)37(14-6-13-36-17-15-35(2)16-18-36)21-23-11-12-28(32-20-23)29(38)34-27-10-4-3-9-26(27)31/h3-5,7-12,19-20,33H,1,6,13-18,21,31H2,2H3,(H,34,38). The number of aromatic nitrogens is 1. The molecule has 1 saturated heterocycles. The van der Waals surface area contributed by atoms with Gasteiger partial charge >= 0.3 is 0 Å². The SMILES string of the molecule is C=C(Nc1cccc(F)c1)N(CCCN1CCN(C)CC1)Cc1ccc(C(=O)Nc2ccccc2N)nc1. The number of nitrogens with zero attached hydrogens (tertiary/aromatic N) is 4. The normalized spacial score (nSPS) is 14.2. The number of nitrogens with one attached hydrogen (secondary N) is 2. The van der Waals surface area contributed by atoms with Gasteiger partial charge in [-0.1, -0.05) is 30.8 Å². The Kier molecular flexibility index (Phi) is 9.29. The summed E-state index contributed by atoms with van der Waals surface area (Å²) >= 11 is 0. The zero-order valence-corrected chi connectivity index (χ0v) is 21.9. The summed E-state index contributed by atoms with van der Waals surface area (Å²) in [5.41, 5.74) is 8.85. The van der Waals surface area contributed by atoms with Gasteiger partial charge in [-0.05, 0) is 62.0 Å². The monoisotopic (exact) mass is 517 g/mol. The first kappa shape index (κ1) is 27.1. The smallest absolute Gasteiger partial charge is 0.274 e. The number of nitrogens with two attached hydrogens (primary N) is 1. The Morgan fingerprint density at radius 1 is 1.08 bits per heavy atom. The predicted octanol–water partition coefficient (Wildman–Crippen LogP) is 4.08. The van der Waals surface area contributed by atoms with Crippen LogP contribution in [0.5, 0.6) is 0 Å². The second-order valence-electron chi connectivity index (χ2n) is 9.60. The number of benzene rings is 2. The Morgan fingerprint density at radius 3 is 2.58 bits per heavy atom. The van der Waals surface area contributed by atoms with Gasteiger partial charge in [0.05, 0.1) is 17.2 Å². The second-order valence-corrected chi connectivity index (χ2v) is 9.60. The molecule has 4 rings (SSSR count). The van der Waals surface area contributed by atoms with Crippen LogP contribution in [-0.2, 0) is 6.54 Å². The van der Waals surface area contributed by atoms with Crippen molar-refractivity contribution in [2.45, 2.75) is 13.0 Å². The van der Waals surface area contributed by atoms with Crippen molar-refractivity contribution in [1.82, 2.24) is 19.7 Å². The molecule has 1 aliphatic heterocycles. The summed E-state index contributed by atoms with van der Waals surface area (Å²) in [5.74, 6) is 0.0470. The number of nitrogen functional groups attached to an aromatic ring is 1. The van der Waals surface area contributed by atoms with Gasteiger partial charge in [-0.15, -0.1) is 0 Å². The van der Waals surface area contributed by atoms with Crippen LogP contribution in [0.1, 0.15) is 22.5 Å². The highest BCUT2D eigenvalue weighted by Gasteiger charge is 2.16.